The van der Waals surface area contributed by atoms with Gasteiger partial charge in [0.25, 0.3) is 0 Å². The highest BCUT2D eigenvalue weighted by atomic mass is 19.1. The summed E-state index contributed by atoms with van der Waals surface area (Å²) in [7, 11) is 0. The van der Waals surface area contributed by atoms with Gasteiger partial charge >= 0.3 is 0 Å². The number of aliphatic hydroxyl groups is 2. The molecule has 0 fully saturated rings. The average Bonchev–Trinajstić information content (AvgIpc) is 2.41. The Hall–Kier alpha value is -2.15. The number of aliphatic hydroxyl groups excluding tert-OH is 2. The van der Waals surface area contributed by atoms with E-state index in [4.69, 9.17) is 5.53 Å². The molecule has 1 aromatic carbocycles. The van der Waals surface area contributed by atoms with Crippen LogP contribution >= 0.6 is 0 Å². The third-order valence-corrected chi connectivity index (χ3v) is 2.54. The molecule has 0 aliphatic heterocycles. The molecule has 8 heteroatoms. The van der Waals surface area contributed by atoms with Crippen molar-refractivity contribution in [3.8, 4) is 5.75 Å². The van der Waals surface area contributed by atoms with Crippen LogP contribution in [0.4, 0.5) is 4.39 Å². The van der Waals surface area contributed by atoms with Crippen molar-refractivity contribution in [2.45, 2.75) is 18.6 Å². The van der Waals surface area contributed by atoms with E-state index in [2.05, 4.69) is 10.0 Å². The van der Waals surface area contributed by atoms with Gasteiger partial charge in [-0.05, 0) is 29.6 Å². The van der Waals surface area contributed by atoms with E-state index in [1.54, 1.807) is 0 Å². The van der Waals surface area contributed by atoms with Crippen molar-refractivity contribution in [1.29, 1.82) is 0 Å². The Morgan fingerprint density at radius 1 is 1.47 bits per heavy atom. The highest BCUT2D eigenvalue weighted by Gasteiger charge is 2.21. The van der Waals surface area contributed by atoms with Gasteiger partial charge in [0.05, 0.1) is 11.7 Å². The van der Waals surface area contributed by atoms with E-state index in [1.165, 1.54) is 0 Å². The second-order valence-corrected chi connectivity index (χ2v) is 3.81. The molecule has 7 nitrogen and oxygen atoms in total. The van der Waals surface area contributed by atoms with Gasteiger partial charge < -0.3 is 15.3 Å². The van der Waals surface area contributed by atoms with Crippen LogP contribution in [0.15, 0.2) is 17.2 Å². The summed E-state index contributed by atoms with van der Waals surface area (Å²) in [4.78, 5) is 13.1. The maximum Gasteiger partial charge on any atom is 0.165 e. The van der Waals surface area contributed by atoms with Gasteiger partial charge in [0, 0.05) is 11.5 Å². The Morgan fingerprint density at radius 2 is 2.16 bits per heavy atom. The van der Waals surface area contributed by atoms with E-state index in [9.17, 15) is 24.5 Å². The lowest BCUT2D eigenvalue weighted by molar-refractivity contribution is 0.0148. The number of azide groups is 1. The molecule has 0 bridgehead atoms. The number of carbonyl (C=O) groups excluding carboxylic acids is 1. The van der Waals surface area contributed by atoms with Crippen LogP contribution < -0.4 is 0 Å². The maximum atomic E-state index is 13.3. The smallest absolute Gasteiger partial charge is 0.165 e. The van der Waals surface area contributed by atoms with Crippen molar-refractivity contribution < 1.29 is 24.5 Å². The first kappa shape index (κ1) is 14.9. The van der Waals surface area contributed by atoms with Crippen molar-refractivity contribution in [3.63, 3.8) is 0 Å². The van der Waals surface area contributed by atoms with Gasteiger partial charge in [0.15, 0.2) is 17.9 Å². The molecule has 102 valence electrons. The minimum Gasteiger partial charge on any atom is -0.504 e. The highest BCUT2D eigenvalue weighted by Crippen LogP contribution is 2.27. The zero-order valence-electron chi connectivity index (χ0n) is 9.77. The summed E-state index contributed by atoms with van der Waals surface area (Å²) in [6, 6.07) is 1.90. The predicted octanol–water partition coefficient (Wildman–Crippen LogP) is 1.44. The molecule has 0 amide bonds. The van der Waals surface area contributed by atoms with Crippen LogP contribution in [0.1, 0.15) is 28.4 Å². The minimum absolute atomic E-state index is 0.0237. The fraction of sp³-hybridized carbons (Fsp3) is 0.364. The lowest BCUT2D eigenvalue weighted by Gasteiger charge is -2.18. The minimum atomic E-state index is -1.46. The standard InChI is InChI=1S/C11H12FN3O4/c12-8-4-6(3-7(5-16)10(8)18)11(19)9(17)1-2-14-15-13/h3-5,9,11,17-19H,1-2H2. The molecular weight excluding hydrogens is 257 g/mol. The van der Waals surface area contributed by atoms with Crippen molar-refractivity contribution in [2.24, 2.45) is 5.11 Å². The number of halogens is 1. The number of carbonyl (C=O) groups is 1. The predicted molar refractivity (Wildman–Crippen MR) is 63.0 cm³/mol. The van der Waals surface area contributed by atoms with E-state index in [0.29, 0.717) is 0 Å². The molecule has 0 radical (unpaired) electrons. The molecule has 3 N–H and O–H groups in total. The first-order chi connectivity index (χ1) is 9.01. The van der Waals surface area contributed by atoms with Gasteiger partial charge in [0.1, 0.15) is 6.10 Å². The van der Waals surface area contributed by atoms with Gasteiger partial charge in [-0.15, -0.1) is 0 Å². The first-order valence-electron chi connectivity index (χ1n) is 5.35. The summed E-state index contributed by atoms with van der Waals surface area (Å²) in [6.45, 7) is -0.0319. The van der Waals surface area contributed by atoms with E-state index in [1.807, 2.05) is 0 Å². The number of aldehydes is 1. The molecule has 2 atom stereocenters. The first-order valence-corrected chi connectivity index (χ1v) is 5.35. The molecular formula is C11H12FN3O4. The number of phenolic OH excluding ortho intramolecular Hbond substituents is 1. The van der Waals surface area contributed by atoms with Crippen LogP contribution in [0.3, 0.4) is 0 Å². The molecule has 1 aromatic rings. The molecule has 0 aliphatic carbocycles. The number of hydrogen-bond acceptors (Lipinski definition) is 5. The van der Waals surface area contributed by atoms with Crippen LogP contribution in [-0.2, 0) is 0 Å². The van der Waals surface area contributed by atoms with Crippen LogP contribution in [0.5, 0.6) is 5.75 Å². The number of benzene rings is 1. The monoisotopic (exact) mass is 269 g/mol. The van der Waals surface area contributed by atoms with Crippen LogP contribution in [0.2, 0.25) is 0 Å². The van der Waals surface area contributed by atoms with Gasteiger partial charge in [-0.25, -0.2) is 4.39 Å². The number of rotatable bonds is 6. The molecule has 0 aromatic heterocycles. The lowest BCUT2D eigenvalue weighted by Crippen LogP contribution is -2.19. The van der Waals surface area contributed by atoms with Gasteiger partial charge in [0.2, 0.25) is 0 Å². The van der Waals surface area contributed by atoms with Gasteiger partial charge in [-0.3, -0.25) is 4.79 Å². The summed E-state index contributed by atoms with van der Waals surface area (Å²) in [5, 5.41) is 31.8. The maximum absolute atomic E-state index is 13.3. The zero-order valence-corrected chi connectivity index (χ0v) is 9.77. The van der Waals surface area contributed by atoms with Gasteiger partial charge in [-0.1, -0.05) is 5.11 Å². The van der Waals surface area contributed by atoms with Crippen molar-refractivity contribution >= 4 is 6.29 Å². The van der Waals surface area contributed by atoms with Crippen molar-refractivity contribution in [3.05, 3.63) is 39.5 Å². The average molecular weight is 269 g/mol. The second kappa shape index (κ2) is 6.69. The van der Waals surface area contributed by atoms with E-state index in [0.717, 1.165) is 12.1 Å². The largest absolute Gasteiger partial charge is 0.504 e. The third kappa shape index (κ3) is 3.65. The van der Waals surface area contributed by atoms with Gasteiger partial charge in [-0.2, -0.15) is 0 Å². The number of aromatic hydroxyl groups is 1. The van der Waals surface area contributed by atoms with E-state index in [-0.39, 0.29) is 30.4 Å². The molecule has 0 spiro atoms. The topological polar surface area (TPSA) is 127 Å². The van der Waals surface area contributed by atoms with Crippen LogP contribution in [-0.4, -0.2) is 34.3 Å². The Labute approximate surface area is 107 Å². The Morgan fingerprint density at radius 3 is 2.74 bits per heavy atom. The number of hydrogen-bond donors (Lipinski definition) is 3. The third-order valence-electron chi connectivity index (χ3n) is 2.54. The van der Waals surface area contributed by atoms with Crippen LogP contribution in [0, 0.1) is 5.82 Å². The summed E-state index contributed by atoms with van der Waals surface area (Å²) in [5.74, 6) is -1.88. The number of nitrogens with zero attached hydrogens (tertiary/aromatic N) is 3. The fourth-order valence-corrected chi connectivity index (χ4v) is 1.52. The molecule has 19 heavy (non-hydrogen) atoms. The quantitative estimate of drug-likeness (QED) is 0.312. The van der Waals surface area contributed by atoms with Crippen molar-refractivity contribution in [2.75, 3.05) is 6.54 Å². The summed E-state index contributed by atoms with van der Waals surface area (Å²) in [6.07, 6.45) is -2.53. The zero-order chi connectivity index (χ0) is 14.4. The Kier molecular flexibility index (Phi) is 5.25. The normalized spacial score (nSPS) is 13.4. The van der Waals surface area contributed by atoms with Crippen LogP contribution in [0.25, 0.3) is 10.4 Å². The fourth-order valence-electron chi connectivity index (χ4n) is 1.52. The SMILES string of the molecule is [N-]=[N+]=NCCC(O)C(O)c1cc(F)c(O)c(C=O)c1. The molecule has 0 aliphatic rings. The van der Waals surface area contributed by atoms with Crippen molar-refractivity contribution in [1.82, 2.24) is 0 Å². The summed E-state index contributed by atoms with van der Waals surface area (Å²) < 4.78 is 13.3. The highest BCUT2D eigenvalue weighted by molar-refractivity contribution is 5.79. The summed E-state index contributed by atoms with van der Waals surface area (Å²) in [5.41, 5.74) is 7.69. The molecule has 0 heterocycles. The Balaban J connectivity index is 2.92. The van der Waals surface area contributed by atoms with E-state index < -0.39 is 23.8 Å². The second-order valence-electron chi connectivity index (χ2n) is 3.81. The lowest BCUT2D eigenvalue weighted by atomic mass is 9.99. The molecule has 0 saturated heterocycles. The summed E-state index contributed by atoms with van der Waals surface area (Å²) >= 11 is 0. The Bertz CT molecular complexity index is 517. The molecule has 1 rings (SSSR count). The number of phenols is 1. The molecule has 2 unspecified atom stereocenters. The molecule has 0 saturated carbocycles. The van der Waals surface area contributed by atoms with E-state index >= 15 is 0 Å².